The number of nitrogens with one attached hydrogen (secondary N) is 1. The first-order valence-electron chi connectivity index (χ1n) is 6.79. The molecule has 0 saturated carbocycles. The molecule has 1 heterocycles. The number of piperazine rings is 1. The molecule has 4 nitrogen and oxygen atoms in total. The Morgan fingerprint density at radius 3 is 2.94 bits per heavy atom. The molecule has 1 amide bonds. The lowest BCUT2D eigenvalue weighted by Crippen LogP contribution is -2.54. The third-order valence-corrected chi connectivity index (χ3v) is 3.05. The number of hydrogen-bond acceptors (Lipinski definition) is 3. The highest BCUT2D eigenvalue weighted by atomic mass is 16.6. The molecule has 1 fully saturated rings. The van der Waals surface area contributed by atoms with E-state index in [1.165, 1.54) is 0 Å². The van der Waals surface area contributed by atoms with Gasteiger partial charge in [0.15, 0.2) is 0 Å². The second-order valence-corrected chi connectivity index (χ2v) is 5.15. The van der Waals surface area contributed by atoms with Crippen molar-refractivity contribution in [3.8, 4) is 0 Å². The van der Waals surface area contributed by atoms with Crippen LogP contribution in [0.5, 0.6) is 0 Å². The lowest BCUT2D eigenvalue weighted by molar-refractivity contribution is 0.0715. The number of carbonyl (C=O) groups is 1. The summed E-state index contributed by atoms with van der Waals surface area (Å²) in [7, 11) is 0. The van der Waals surface area contributed by atoms with Crippen molar-refractivity contribution >= 4 is 6.09 Å². The summed E-state index contributed by atoms with van der Waals surface area (Å²) in [4.78, 5) is 13.8. The van der Waals surface area contributed by atoms with Gasteiger partial charge in [-0.25, -0.2) is 4.79 Å². The molecule has 1 N–H and O–H groups in total. The van der Waals surface area contributed by atoms with E-state index in [0.29, 0.717) is 12.5 Å². The van der Waals surface area contributed by atoms with Crippen molar-refractivity contribution < 1.29 is 9.53 Å². The van der Waals surface area contributed by atoms with Crippen molar-refractivity contribution in [2.24, 2.45) is 5.92 Å². The second-order valence-electron chi connectivity index (χ2n) is 5.15. The van der Waals surface area contributed by atoms with Crippen LogP contribution in [0.4, 0.5) is 4.79 Å². The van der Waals surface area contributed by atoms with Gasteiger partial charge in [0.2, 0.25) is 0 Å². The minimum absolute atomic E-state index is 0.134. The van der Waals surface area contributed by atoms with Crippen molar-refractivity contribution in [1.82, 2.24) is 10.2 Å². The third kappa shape index (κ3) is 4.94. The fraction of sp³-hybridized carbons (Fsp3) is 0.923. The van der Waals surface area contributed by atoms with E-state index in [2.05, 4.69) is 26.1 Å². The Morgan fingerprint density at radius 2 is 2.29 bits per heavy atom. The van der Waals surface area contributed by atoms with E-state index in [-0.39, 0.29) is 12.1 Å². The Balaban J connectivity index is 2.43. The van der Waals surface area contributed by atoms with E-state index in [4.69, 9.17) is 4.74 Å². The number of unbranched alkanes of at least 4 members (excludes halogenated alkanes) is 1. The van der Waals surface area contributed by atoms with E-state index < -0.39 is 0 Å². The summed E-state index contributed by atoms with van der Waals surface area (Å²) in [5, 5.41) is 3.34. The van der Waals surface area contributed by atoms with E-state index in [0.717, 1.165) is 38.9 Å². The van der Waals surface area contributed by atoms with Gasteiger partial charge in [-0.3, -0.25) is 0 Å². The Morgan fingerprint density at radius 1 is 1.53 bits per heavy atom. The molecule has 17 heavy (non-hydrogen) atoms. The predicted octanol–water partition coefficient (Wildman–Crippen LogP) is 2.24. The molecule has 1 saturated heterocycles. The SMILES string of the molecule is CCCCOC(=O)N1CCNCC1CC(C)C. The van der Waals surface area contributed by atoms with Gasteiger partial charge in [0.25, 0.3) is 0 Å². The molecule has 0 aromatic carbocycles. The van der Waals surface area contributed by atoms with Crippen LogP contribution in [-0.2, 0) is 4.74 Å². The number of carbonyl (C=O) groups excluding carboxylic acids is 1. The van der Waals surface area contributed by atoms with Crippen LogP contribution in [0.25, 0.3) is 0 Å². The molecule has 1 rings (SSSR count). The Hall–Kier alpha value is -0.770. The zero-order chi connectivity index (χ0) is 12.7. The fourth-order valence-corrected chi connectivity index (χ4v) is 2.14. The van der Waals surface area contributed by atoms with Crippen molar-refractivity contribution in [3.05, 3.63) is 0 Å². The molecule has 1 aliphatic rings. The highest BCUT2D eigenvalue weighted by Gasteiger charge is 2.27. The van der Waals surface area contributed by atoms with Crippen LogP contribution in [-0.4, -0.2) is 43.3 Å². The number of ether oxygens (including phenoxy) is 1. The van der Waals surface area contributed by atoms with Gasteiger partial charge in [-0.1, -0.05) is 27.2 Å². The molecule has 1 aliphatic heterocycles. The quantitative estimate of drug-likeness (QED) is 0.752. The number of amides is 1. The van der Waals surface area contributed by atoms with Gasteiger partial charge < -0.3 is 15.0 Å². The van der Waals surface area contributed by atoms with Crippen LogP contribution >= 0.6 is 0 Å². The molecule has 0 aromatic rings. The van der Waals surface area contributed by atoms with Gasteiger partial charge in [0.05, 0.1) is 6.61 Å². The molecule has 0 aromatic heterocycles. The molecule has 1 unspecified atom stereocenters. The normalized spacial score (nSPS) is 20.7. The molecule has 0 spiro atoms. The Kier molecular flexibility index (Phi) is 6.34. The number of hydrogen-bond donors (Lipinski definition) is 1. The van der Waals surface area contributed by atoms with Crippen LogP contribution in [0.15, 0.2) is 0 Å². The fourth-order valence-electron chi connectivity index (χ4n) is 2.14. The highest BCUT2D eigenvalue weighted by Crippen LogP contribution is 2.14. The van der Waals surface area contributed by atoms with Crippen molar-refractivity contribution in [2.45, 2.75) is 46.1 Å². The lowest BCUT2D eigenvalue weighted by Gasteiger charge is -2.36. The molecule has 0 aliphatic carbocycles. The zero-order valence-corrected chi connectivity index (χ0v) is 11.4. The van der Waals surface area contributed by atoms with Crippen LogP contribution in [0.3, 0.4) is 0 Å². The molecule has 0 bridgehead atoms. The van der Waals surface area contributed by atoms with Crippen LogP contribution in [0.2, 0.25) is 0 Å². The maximum Gasteiger partial charge on any atom is 0.410 e. The van der Waals surface area contributed by atoms with Gasteiger partial charge in [-0.15, -0.1) is 0 Å². The van der Waals surface area contributed by atoms with E-state index in [1.54, 1.807) is 0 Å². The summed E-state index contributed by atoms with van der Waals surface area (Å²) in [5.74, 6) is 0.603. The third-order valence-electron chi connectivity index (χ3n) is 3.05. The van der Waals surface area contributed by atoms with Crippen molar-refractivity contribution in [1.29, 1.82) is 0 Å². The predicted molar refractivity (Wildman–Crippen MR) is 69.1 cm³/mol. The second kappa shape index (κ2) is 7.54. The van der Waals surface area contributed by atoms with E-state index >= 15 is 0 Å². The number of nitrogens with zero attached hydrogens (tertiary/aromatic N) is 1. The van der Waals surface area contributed by atoms with Gasteiger partial charge in [0, 0.05) is 25.7 Å². The van der Waals surface area contributed by atoms with Gasteiger partial charge in [-0.05, 0) is 18.8 Å². The van der Waals surface area contributed by atoms with E-state index in [1.807, 2.05) is 4.90 Å². The smallest absolute Gasteiger partial charge is 0.410 e. The minimum atomic E-state index is -0.134. The largest absolute Gasteiger partial charge is 0.449 e. The molecule has 4 heteroatoms. The van der Waals surface area contributed by atoms with Crippen LogP contribution < -0.4 is 5.32 Å². The summed E-state index contributed by atoms with van der Waals surface area (Å²) in [6, 6.07) is 0.290. The molecule has 0 radical (unpaired) electrons. The summed E-state index contributed by atoms with van der Waals surface area (Å²) in [5.41, 5.74) is 0. The standard InChI is InChI=1S/C13H26N2O2/c1-4-5-8-17-13(16)15-7-6-14-10-12(15)9-11(2)3/h11-12,14H,4-10H2,1-3H3. The maximum atomic E-state index is 11.9. The average molecular weight is 242 g/mol. The van der Waals surface area contributed by atoms with Gasteiger partial charge in [0.1, 0.15) is 0 Å². The average Bonchev–Trinajstić information content (AvgIpc) is 2.29. The first kappa shape index (κ1) is 14.3. The minimum Gasteiger partial charge on any atom is -0.449 e. The molecule has 1 atom stereocenters. The Bertz CT molecular complexity index is 231. The first-order chi connectivity index (χ1) is 8.15. The molecular formula is C13H26N2O2. The summed E-state index contributed by atoms with van der Waals surface area (Å²) in [6.07, 6.45) is 2.91. The molecular weight excluding hydrogens is 216 g/mol. The maximum absolute atomic E-state index is 11.9. The molecule has 100 valence electrons. The summed E-state index contributed by atoms with van der Waals surface area (Å²) >= 11 is 0. The van der Waals surface area contributed by atoms with Crippen LogP contribution in [0.1, 0.15) is 40.0 Å². The van der Waals surface area contributed by atoms with E-state index in [9.17, 15) is 4.79 Å². The van der Waals surface area contributed by atoms with Gasteiger partial charge in [-0.2, -0.15) is 0 Å². The topological polar surface area (TPSA) is 41.6 Å². The zero-order valence-electron chi connectivity index (χ0n) is 11.4. The highest BCUT2D eigenvalue weighted by molar-refractivity contribution is 5.68. The Labute approximate surface area is 105 Å². The number of rotatable bonds is 5. The summed E-state index contributed by atoms with van der Waals surface area (Å²) in [6.45, 7) is 9.55. The lowest BCUT2D eigenvalue weighted by atomic mass is 10.0. The summed E-state index contributed by atoms with van der Waals surface area (Å²) < 4.78 is 5.29. The first-order valence-corrected chi connectivity index (χ1v) is 6.79. The van der Waals surface area contributed by atoms with Gasteiger partial charge >= 0.3 is 6.09 Å². The van der Waals surface area contributed by atoms with Crippen molar-refractivity contribution in [3.63, 3.8) is 0 Å². The monoisotopic (exact) mass is 242 g/mol. The van der Waals surface area contributed by atoms with Crippen LogP contribution in [0, 0.1) is 5.92 Å². The van der Waals surface area contributed by atoms with Crippen molar-refractivity contribution in [2.75, 3.05) is 26.2 Å².